The fourth-order valence-electron chi connectivity index (χ4n) is 2.52. The number of hydrogen-bond donors (Lipinski definition) is 1. The van der Waals surface area contributed by atoms with Gasteiger partial charge in [-0.3, -0.25) is 4.79 Å². The summed E-state index contributed by atoms with van der Waals surface area (Å²) in [6, 6.07) is 7.66. The summed E-state index contributed by atoms with van der Waals surface area (Å²) in [5, 5.41) is 17.7. The molecule has 3 nitrogen and oxygen atoms in total. The average Bonchev–Trinajstić information content (AvgIpc) is 2.55. The Kier molecular flexibility index (Phi) is 2.43. The minimum absolute atomic E-state index is 0.159. The lowest BCUT2D eigenvalue weighted by Crippen LogP contribution is -2.22. The molecule has 0 radical (unpaired) electrons. The van der Waals surface area contributed by atoms with Crippen molar-refractivity contribution in [3.63, 3.8) is 0 Å². The molecule has 1 aromatic rings. The minimum atomic E-state index is -0.764. The van der Waals surface area contributed by atoms with Gasteiger partial charge in [0.15, 0.2) is 0 Å². The summed E-state index contributed by atoms with van der Waals surface area (Å²) in [7, 11) is 0. The SMILES string of the molecule is C[C@]1(CC(=O)O)CCc2cc(C#N)ccc21. The van der Waals surface area contributed by atoms with Crippen LogP contribution in [-0.4, -0.2) is 11.1 Å². The van der Waals surface area contributed by atoms with E-state index in [1.54, 1.807) is 6.07 Å². The van der Waals surface area contributed by atoms with Gasteiger partial charge in [-0.2, -0.15) is 5.26 Å². The Bertz CT molecular complexity index is 487. The van der Waals surface area contributed by atoms with Gasteiger partial charge in [0.2, 0.25) is 0 Å². The van der Waals surface area contributed by atoms with Crippen molar-refractivity contribution < 1.29 is 9.90 Å². The summed E-state index contributed by atoms with van der Waals surface area (Å²) in [5.74, 6) is -0.764. The van der Waals surface area contributed by atoms with E-state index in [4.69, 9.17) is 10.4 Å². The summed E-state index contributed by atoms with van der Waals surface area (Å²) in [5.41, 5.74) is 2.60. The Labute approximate surface area is 94.3 Å². The topological polar surface area (TPSA) is 61.1 Å². The molecule has 1 atom stereocenters. The molecule has 82 valence electrons. The Balaban J connectivity index is 2.41. The monoisotopic (exact) mass is 215 g/mol. The van der Waals surface area contributed by atoms with Gasteiger partial charge in [-0.05, 0) is 36.1 Å². The summed E-state index contributed by atoms with van der Waals surface area (Å²) >= 11 is 0. The van der Waals surface area contributed by atoms with Crippen molar-refractivity contribution in [2.75, 3.05) is 0 Å². The fourth-order valence-corrected chi connectivity index (χ4v) is 2.52. The van der Waals surface area contributed by atoms with Gasteiger partial charge < -0.3 is 5.11 Å². The highest BCUT2D eigenvalue weighted by atomic mass is 16.4. The van der Waals surface area contributed by atoms with E-state index < -0.39 is 5.97 Å². The molecular weight excluding hydrogens is 202 g/mol. The molecule has 0 spiro atoms. The molecule has 2 rings (SSSR count). The Hall–Kier alpha value is -1.82. The largest absolute Gasteiger partial charge is 0.481 e. The molecule has 0 amide bonds. The molecule has 3 heteroatoms. The van der Waals surface area contributed by atoms with E-state index in [0.717, 1.165) is 24.0 Å². The van der Waals surface area contributed by atoms with Crippen LogP contribution in [0.15, 0.2) is 18.2 Å². The van der Waals surface area contributed by atoms with Crippen molar-refractivity contribution in [1.29, 1.82) is 5.26 Å². The minimum Gasteiger partial charge on any atom is -0.481 e. The lowest BCUT2D eigenvalue weighted by molar-refractivity contribution is -0.138. The summed E-state index contributed by atoms with van der Waals surface area (Å²) in [4.78, 5) is 10.8. The number of aryl methyl sites for hydroxylation is 1. The lowest BCUT2D eigenvalue weighted by Gasteiger charge is -2.23. The maximum Gasteiger partial charge on any atom is 0.304 e. The predicted octanol–water partition coefficient (Wildman–Crippen LogP) is 2.24. The third-order valence-electron chi connectivity index (χ3n) is 3.37. The molecule has 0 saturated heterocycles. The van der Waals surface area contributed by atoms with Crippen LogP contribution in [0.2, 0.25) is 0 Å². The number of hydrogen-bond acceptors (Lipinski definition) is 2. The number of aliphatic carboxylic acids is 1. The lowest BCUT2D eigenvalue weighted by atomic mass is 9.81. The Morgan fingerprint density at radius 2 is 2.38 bits per heavy atom. The number of carboxylic acid groups (broad SMARTS) is 1. The molecule has 0 aromatic heterocycles. The van der Waals surface area contributed by atoms with Crippen LogP contribution in [0, 0.1) is 11.3 Å². The maximum absolute atomic E-state index is 10.8. The van der Waals surface area contributed by atoms with Crippen molar-refractivity contribution in [3.8, 4) is 6.07 Å². The van der Waals surface area contributed by atoms with Gasteiger partial charge in [0.05, 0.1) is 18.1 Å². The van der Waals surface area contributed by atoms with E-state index in [9.17, 15) is 4.79 Å². The van der Waals surface area contributed by atoms with Crippen LogP contribution in [-0.2, 0) is 16.6 Å². The van der Waals surface area contributed by atoms with Gasteiger partial charge >= 0.3 is 5.97 Å². The number of nitrogens with zero attached hydrogens (tertiary/aromatic N) is 1. The number of benzene rings is 1. The van der Waals surface area contributed by atoms with Crippen molar-refractivity contribution in [3.05, 3.63) is 34.9 Å². The van der Waals surface area contributed by atoms with Crippen LogP contribution in [0.3, 0.4) is 0 Å². The highest BCUT2D eigenvalue weighted by Crippen LogP contribution is 2.41. The molecule has 16 heavy (non-hydrogen) atoms. The second-order valence-corrected chi connectivity index (χ2v) is 4.61. The first kappa shape index (κ1) is 10.7. The van der Waals surface area contributed by atoms with E-state index >= 15 is 0 Å². The first-order chi connectivity index (χ1) is 7.55. The number of rotatable bonds is 2. The molecule has 0 bridgehead atoms. The zero-order chi connectivity index (χ0) is 11.8. The first-order valence-corrected chi connectivity index (χ1v) is 5.30. The van der Waals surface area contributed by atoms with Crippen LogP contribution in [0.5, 0.6) is 0 Å². The molecule has 0 fully saturated rings. The average molecular weight is 215 g/mol. The molecule has 1 aliphatic rings. The summed E-state index contributed by atoms with van der Waals surface area (Å²) in [6.07, 6.45) is 1.88. The third-order valence-corrected chi connectivity index (χ3v) is 3.37. The molecule has 0 heterocycles. The van der Waals surface area contributed by atoms with E-state index in [1.807, 2.05) is 19.1 Å². The predicted molar refractivity (Wildman–Crippen MR) is 59.1 cm³/mol. The van der Waals surface area contributed by atoms with Crippen LogP contribution in [0.1, 0.15) is 36.5 Å². The zero-order valence-electron chi connectivity index (χ0n) is 9.16. The van der Waals surface area contributed by atoms with Crippen LogP contribution in [0.4, 0.5) is 0 Å². The van der Waals surface area contributed by atoms with E-state index in [2.05, 4.69) is 6.07 Å². The fraction of sp³-hybridized carbons (Fsp3) is 0.385. The summed E-state index contributed by atoms with van der Waals surface area (Å²) in [6.45, 7) is 1.99. The number of fused-ring (bicyclic) bond motifs is 1. The van der Waals surface area contributed by atoms with Gasteiger partial charge in [0.1, 0.15) is 0 Å². The second-order valence-electron chi connectivity index (χ2n) is 4.61. The van der Waals surface area contributed by atoms with Crippen molar-refractivity contribution >= 4 is 5.97 Å². The smallest absolute Gasteiger partial charge is 0.304 e. The van der Waals surface area contributed by atoms with Crippen LogP contribution < -0.4 is 0 Å². The van der Waals surface area contributed by atoms with Crippen LogP contribution >= 0.6 is 0 Å². The molecule has 1 aromatic carbocycles. The second kappa shape index (κ2) is 3.64. The maximum atomic E-state index is 10.8. The van der Waals surface area contributed by atoms with E-state index in [0.29, 0.717) is 5.56 Å². The van der Waals surface area contributed by atoms with Gasteiger partial charge in [0.25, 0.3) is 0 Å². The summed E-state index contributed by atoms with van der Waals surface area (Å²) < 4.78 is 0. The molecule has 0 aliphatic heterocycles. The first-order valence-electron chi connectivity index (χ1n) is 5.30. The number of carbonyl (C=O) groups is 1. The Morgan fingerprint density at radius 3 is 3.00 bits per heavy atom. The molecule has 1 aliphatic carbocycles. The van der Waals surface area contributed by atoms with Crippen LogP contribution in [0.25, 0.3) is 0 Å². The van der Waals surface area contributed by atoms with Gasteiger partial charge in [-0.1, -0.05) is 13.0 Å². The molecule has 0 saturated carbocycles. The Morgan fingerprint density at radius 1 is 1.62 bits per heavy atom. The van der Waals surface area contributed by atoms with Gasteiger partial charge in [-0.15, -0.1) is 0 Å². The van der Waals surface area contributed by atoms with E-state index in [-0.39, 0.29) is 11.8 Å². The van der Waals surface area contributed by atoms with E-state index in [1.165, 1.54) is 0 Å². The van der Waals surface area contributed by atoms with Crippen molar-refractivity contribution in [2.45, 2.75) is 31.6 Å². The van der Waals surface area contributed by atoms with Crippen molar-refractivity contribution in [1.82, 2.24) is 0 Å². The third kappa shape index (κ3) is 1.67. The zero-order valence-corrected chi connectivity index (χ0v) is 9.16. The molecule has 1 N–H and O–H groups in total. The highest BCUT2D eigenvalue weighted by Gasteiger charge is 2.36. The highest BCUT2D eigenvalue weighted by molar-refractivity contribution is 5.69. The quantitative estimate of drug-likeness (QED) is 0.822. The van der Waals surface area contributed by atoms with Crippen molar-refractivity contribution in [2.24, 2.45) is 0 Å². The molecule has 0 unspecified atom stereocenters. The van der Waals surface area contributed by atoms with Gasteiger partial charge in [-0.25, -0.2) is 0 Å². The van der Waals surface area contributed by atoms with Gasteiger partial charge in [0, 0.05) is 5.41 Å². The standard InChI is InChI=1S/C13H13NO2/c1-13(7-12(15)16)5-4-10-6-9(8-14)2-3-11(10)13/h2-3,6H,4-5,7H2,1H3,(H,15,16)/t13-/m1/s1. The number of carboxylic acids is 1. The number of nitriles is 1. The molecular formula is C13H13NO2. The normalized spacial score (nSPS) is 22.5.